The Hall–Kier alpha value is -4.70. The van der Waals surface area contributed by atoms with E-state index < -0.39 is 11.4 Å². The average Bonchev–Trinajstić information content (AvgIpc) is 3.76. The molecular weight excluding hydrogens is 799 g/mol. The number of hydrogen-bond donors (Lipinski definition) is 1. The maximum atomic E-state index is 12.6. The summed E-state index contributed by atoms with van der Waals surface area (Å²) in [6.07, 6.45) is 5.63. The van der Waals surface area contributed by atoms with Gasteiger partial charge in [-0.1, -0.05) is 97.3 Å². The molecule has 0 atom stereocenters. The van der Waals surface area contributed by atoms with E-state index in [0.29, 0.717) is 75.9 Å². The summed E-state index contributed by atoms with van der Waals surface area (Å²) in [7, 11) is 6.24. The van der Waals surface area contributed by atoms with Crippen molar-refractivity contribution in [3.8, 4) is 28.4 Å². The number of methoxy groups -OCH3 is 1. The number of aromatic nitrogens is 3. The second-order valence-corrected chi connectivity index (χ2v) is 17.0. The van der Waals surface area contributed by atoms with Gasteiger partial charge in [0.1, 0.15) is 36.7 Å². The highest BCUT2D eigenvalue weighted by Crippen LogP contribution is 2.32. The van der Waals surface area contributed by atoms with Crippen LogP contribution in [0.15, 0.2) is 96.2 Å². The minimum Gasteiger partial charge on any atom is -0.489 e. The van der Waals surface area contributed by atoms with Crippen molar-refractivity contribution in [2.45, 2.75) is 56.8 Å². The Kier molecular flexibility index (Phi) is 14.3. The molecule has 0 unspecified atom stereocenters. The highest BCUT2D eigenvalue weighted by atomic mass is 33.1. The quantitative estimate of drug-likeness (QED) is 0.0555. The highest BCUT2D eigenvalue weighted by molar-refractivity contribution is 8.76. The molecule has 0 fully saturated rings. The zero-order valence-electron chi connectivity index (χ0n) is 35.1. The monoisotopic (exact) mass is 845 g/mol. The molecule has 1 amide bonds. The van der Waals surface area contributed by atoms with Gasteiger partial charge in [-0.2, -0.15) is 5.10 Å². The molecule has 1 aromatic heterocycles. The first-order chi connectivity index (χ1) is 29.4. The van der Waals surface area contributed by atoms with E-state index in [1.165, 1.54) is 13.3 Å². The number of fused-ring (bicyclic) bond motifs is 4. The van der Waals surface area contributed by atoms with E-state index in [1.807, 2.05) is 48.5 Å². The molecule has 0 saturated heterocycles. The summed E-state index contributed by atoms with van der Waals surface area (Å²) in [4.78, 5) is 35.5. The average molecular weight is 846 g/mol. The van der Waals surface area contributed by atoms with Gasteiger partial charge in [-0.3, -0.25) is 14.4 Å². The molecule has 57 heavy (non-hydrogen) atoms. The van der Waals surface area contributed by atoms with Crippen LogP contribution in [-0.2, 0) is 39.0 Å². The third-order valence-electron chi connectivity index (χ3n) is 8.28. The number of esters is 1. The summed E-state index contributed by atoms with van der Waals surface area (Å²) in [5.41, 5.74) is 4.95. The maximum Gasteiger partial charge on any atom is 0.306 e. The minimum absolute atomic E-state index is 0.111. The fourth-order valence-electron chi connectivity index (χ4n) is 5.46. The summed E-state index contributed by atoms with van der Waals surface area (Å²) in [5, 5.41) is 13.2. The first-order valence-corrected chi connectivity index (χ1v) is 22.6. The summed E-state index contributed by atoms with van der Waals surface area (Å²) in [5.74, 6) is 1.70. The Morgan fingerprint density at radius 3 is 2.79 bits per heavy atom. The van der Waals surface area contributed by atoms with Crippen molar-refractivity contribution in [2.75, 3.05) is 18.6 Å². The normalized spacial score (nSPS) is 17.2. The Labute approximate surface area is 353 Å². The Balaban J connectivity index is 1.27. The lowest BCUT2D eigenvalue weighted by Gasteiger charge is -2.12. The standard InChI is InChI=1S/C42H43N5O6S4/c1-51-42(50)12-14-55-57-29-35-18-37(22-39(20-35)53-26-31-8-5-7-30(15-31)25-48)47-24-40(44-46-47)36-17-34-19-38(21-36)52-27-32-9-6-10-33(16-32)28-56-54-13-4-2-3-11-41(49)45-43-23-34/h5-10,15-25H,2-4,11-14,26-29H2,1H3,(H,45,49)/b43-23+/i13D2,28D2. The van der Waals surface area contributed by atoms with E-state index in [2.05, 4.69) is 20.8 Å². The number of benzene rings is 4. The predicted octanol–water partition coefficient (Wildman–Crippen LogP) is 9.25. The Bertz CT molecular complexity index is 2350. The summed E-state index contributed by atoms with van der Waals surface area (Å²) < 4.78 is 53.0. The number of carbonyl (C=O) groups is 3. The molecule has 11 nitrogen and oxygen atoms in total. The molecule has 6 rings (SSSR count). The van der Waals surface area contributed by atoms with Gasteiger partial charge in [0.2, 0.25) is 5.91 Å². The van der Waals surface area contributed by atoms with Gasteiger partial charge in [-0.15, -0.1) is 5.10 Å². The van der Waals surface area contributed by atoms with Gasteiger partial charge in [0.25, 0.3) is 0 Å². The van der Waals surface area contributed by atoms with E-state index >= 15 is 0 Å². The third kappa shape index (κ3) is 13.7. The first kappa shape index (κ1) is 36.6. The molecule has 0 radical (unpaired) electrons. The van der Waals surface area contributed by atoms with Crippen LogP contribution in [-0.4, -0.2) is 57.9 Å². The van der Waals surface area contributed by atoms with Gasteiger partial charge in [0.05, 0.1) is 31.6 Å². The number of aldehydes is 1. The predicted molar refractivity (Wildman–Crippen MR) is 232 cm³/mol. The molecule has 1 aliphatic heterocycles. The third-order valence-corrected chi connectivity index (χ3v) is 12.2. The lowest BCUT2D eigenvalue weighted by Crippen LogP contribution is -2.16. The smallest absolute Gasteiger partial charge is 0.306 e. The second kappa shape index (κ2) is 22.3. The molecule has 15 heteroatoms. The van der Waals surface area contributed by atoms with Crippen LogP contribution in [0.3, 0.4) is 0 Å². The minimum atomic E-state index is -1.87. The summed E-state index contributed by atoms with van der Waals surface area (Å²) in [6, 6.07) is 25.4. The molecular formula is C42H43N5O6S4. The van der Waals surface area contributed by atoms with Crippen LogP contribution in [0.1, 0.15) is 75.8 Å². The first-order valence-electron chi connectivity index (χ1n) is 20.0. The number of hydrogen-bond acceptors (Lipinski definition) is 13. The molecule has 2 heterocycles. The van der Waals surface area contributed by atoms with E-state index in [4.69, 9.17) is 19.7 Å². The van der Waals surface area contributed by atoms with Crippen LogP contribution < -0.4 is 14.9 Å². The number of hydrazone groups is 1. The van der Waals surface area contributed by atoms with Crippen LogP contribution in [0.4, 0.5) is 0 Å². The highest BCUT2D eigenvalue weighted by Gasteiger charge is 2.13. The molecule has 1 N–H and O–H groups in total. The van der Waals surface area contributed by atoms with E-state index in [-0.39, 0.29) is 37.9 Å². The number of nitrogens with one attached hydrogen (secondary N) is 1. The lowest BCUT2D eigenvalue weighted by atomic mass is 10.1. The lowest BCUT2D eigenvalue weighted by molar-refractivity contribution is -0.140. The van der Waals surface area contributed by atoms with E-state index in [9.17, 15) is 14.4 Å². The SMILES string of the molecule is [2H]C1([2H])CCCCC(=O)N/N=C/c2cc(cc(-c3cn(-c4cc(CSSCCC(=O)OC)cc(OCc5cccc(C=O)c5)c4)nn3)c2)OCc2cccc(c2)C([2H])([2H])SS1. The van der Waals surface area contributed by atoms with Crippen LogP contribution in [0.2, 0.25) is 0 Å². The van der Waals surface area contributed by atoms with Crippen LogP contribution >= 0.6 is 43.2 Å². The van der Waals surface area contributed by atoms with Gasteiger partial charge >= 0.3 is 5.97 Å². The molecule has 296 valence electrons. The number of carbonyl (C=O) groups excluding carboxylic acids is 3. The molecule has 4 bridgehead atoms. The van der Waals surface area contributed by atoms with Crippen LogP contribution in [0, 0.1) is 0 Å². The largest absolute Gasteiger partial charge is 0.489 e. The Morgan fingerprint density at radius 1 is 1.00 bits per heavy atom. The summed E-state index contributed by atoms with van der Waals surface area (Å²) in [6.45, 7) is 0.347. The zero-order valence-corrected chi connectivity index (χ0v) is 34.3. The number of rotatable bonds is 12. The van der Waals surface area contributed by atoms with Crippen LogP contribution in [0.25, 0.3) is 16.9 Å². The summed E-state index contributed by atoms with van der Waals surface area (Å²) >= 11 is 0. The van der Waals surface area contributed by atoms with Crippen LogP contribution in [0.5, 0.6) is 11.5 Å². The molecule has 5 aromatic rings. The number of ether oxygens (including phenoxy) is 3. The van der Waals surface area contributed by atoms with Crippen molar-refractivity contribution in [3.63, 3.8) is 0 Å². The zero-order chi connectivity index (χ0) is 43.2. The van der Waals surface area contributed by atoms with Gasteiger partial charge in [0, 0.05) is 52.0 Å². The van der Waals surface area contributed by atoms with Crippen molar-refractivity contribution in [1.82, 2.24) is 20.4 Å². The molecule has 4 aromatic carbocycles. The van der Waals surface area contributed by atoms with Gasteiger partial charge < -0.3 is 14.2 Å². The molecule has 0 spiro atoms. The van der Waals surface area contributed by atoms with Gasteiger partial charge in [0.15, 0.2) is 0 Å². The van der Waals surface area contributed by atoms with Crippen molar-refractivity contribution >= 4 is 67.6 Å². The Morgan fingerprint density at radius 2 is 1.89 bits per heavy atom. The van der Waals surface area contributed by atoms with Gasteiger partial charge in [-0.25, -0.2) is 10.1 Å². The molecule has 0 saturated carbocycles. The van der Waals surface area contributed by atoms with E-state index in [1.54, 1.807) is 68.9 Å². The molecule has 1 aliphatic rings. The maximum absolute atomic E-state index is 12.6. The fraction of sp³-hybridized carbons (Fsp3) is 0.286. The number of amides is 1. The van der Waals surface area contributed by atoms with Crippen molar-refractivity contribution in [2.24, 2.45) is 5.10 Å². The van der Waals surface area contributed by atoms with Gasteiger partial charge in [-0.05, 0) is 77.1 Å². The van der Waals surface area contributed by atoms with Crippen molar-refractivity contribution < 1.29 is 34.1 Å². The van der Waals surface area contributed by atoms with E-state index in [0.717, 1.165) is 44.6 Å². The fourth-order valence-corrected chi connectivity index (χ4v) is 8.87. The van der Waals surface area contributed by atoms with Crippen molar-refractivity contribution in [3.05, 3.63) is 125 Å². The second-order valence-electron chi connectivity index (χ2n) is 12.6. The van der Waals surface area contributed by atoms with Crippen molar-refractivity contribution in [1.29, 1.82) is 0 Å². The number of nitrogens with zero attached hydrogens (tertiary/aromatic N) is 4. The molecule has 0 aliphatic carbocycles. The topological polar surface area (TPSA) is 134 Å².